The first-order chi connectivity index (χ1) is 15.4. The fourth-order valence-electron chi connectivity index (χ4n) is 4.52. The third kappa shape index (κ3) is 3.77. The fraction of sp³-hybridized carbons (Fsp3) is 0.200. The van der Waals surface area contributed by atoms with E-state index < -0.39 is 5.91 Å². The van der Waals surface area contributed by atoms with E-state index in [4.69, 9.17) is 28.9 Å². The lowest BCUT2D eigenvalue weighted by atomic mass is 9.93. The van der Waals surface area contributed by atoms with E-state index in [1.54, 1.807) is 18.2 Å². The summed E-state index contributed by atoms with van der Waals surface area (Å²) in [7, 11) is 0. The van der Waals surface area contributed by atoms with Crippen LogP contribution in [0.3, 0.4) is 0 Å². The minimum absolute atomic E-state index is 0.0919. The first kappa shape index (κ1) is 21.0. The first-order valence-corrected chi connectivity index (χ1v) is 11.2. The Labute approximate surface area is 195 Å². The van der Waals surface area contributed by atoms with E-state index in [0.717, 1.165) is 52.9 Å². The van der Waals surface area contributed by atoms with Gasteiger partial charge in [-0.2, -0.15) is 0 Å². The number of carbonyl (C=O) groups excluding carboxylic acids is 2. The first-order valence-electron chi connectivity index (χ1n) is 10.5. The number of rotatable bonds is 4. The second kappa shape index (κ2) is 8.24. The Hall–Kier alpha value is -2.86. The molecule has 5 nitrogen and oxygen atoms in total. The molecule has 1 saturated heterocycles. The van der Waals surface area contributed by atoms with Crippen LogP contribution in [0.4, 0.5) is 0 Å². The molecule has 3 aromatic carbocycles. The third-order valence-electron chi connectivity index (χ3n) is 6.19. The van der Waals surface area contributed by atoms with Gasteiger partial charge in [0.2, 0.25) is 5.91 Å². The minimum atomic E-state index is -0.484. The summed E-state index contributed by atoms with van der Waals surface area (Å²) >= 11 is 12.3. The molecular weight excluding hydrogens is 445 g/mol. The van der Waals surface area contributed by atoms with Crippen molar-refractivity contribution in [2.75, 3.05) is 13.1 Å². The van der Waals surface area contributed by atoms with Crippen molar-refractivity contribution in [2.45, 2.75) is 18.9 Å². The van der Waals surface area contributed by atoms with Crippen molar-refractivity contribution in [2.24, 2.45) is 5.73 Å². The number of primary amides is 1. The predicted octanol–water partition coefficient (Wildman–Crippen LogP) is 4.42. The molecule has 0 bridgehead atoms. The predicted molar refractivity (Wildman–Crippen MR) is 127 cm³/mol. The van der Waals surface area contributed by atoms with Gasteiger partial charge in [0, 0.05) is 23.7 Å². The van der Waals surface area contributed by atoms with Crippen LogP contribution in [0, 0.1) is 0 Å². The summed E-state index contributed by atoms with van der Waals surface area (Å²) in [6, 6.07) is 15.0. The van der Waals surface area contributed by atoms with E-state index in [-0.39, 0.29) is 11.9 Å². The zero-order valence-electron chi connectivity index (χ0n) is 17.2. The molecule has 0 aromatic heterocycles. The summed E-state index contributed by atoms with van der Waals surface area (Å²) in [6.45, 7) is 1.70. The molecule has 162 valence electrons. The van der Waals surface area contributed by atoms with Crippen molar-refractivity contribution >= 4 is 35.0 Å². The number of nitrogens with one attached hydrogen (secondary N) is 2. The Morgan fingerprint density at radius 3 is 2.53 bits per heavy atom. The lowest BCUT2D eigenvalue weighted by molar-refractivity contribution is 0.0939. The Morgan fingerprint density at radius 2 is 1.81 bits per heavy atom. The Balaban J connectivity index is 1.58. The Kier molecular flexibility index (Phi) is 5.41. The number of hydrogen-bond acceptors (Lipinski definition) is 3. The van der Waals surface area contributed by atoms with Crippen LogP contribution in [0.25, 0.3) is 22.3 Å². The van der Waals surface area contributed by atoms with Crippen LogP contribution < -0.4 is 16.4 Å². The molecule has 2 amide bonds. The van der Waals surface area contributed by atoms with Gasteiger partial charge in [-0.05, 0) is 89.2 Å². The van der Waals surface area contributed by atoms with Crippen molar-refractivity contribution in [3.8, 4) is 22.3 Å². The maximum Gasteiger partial charge on any atom is 0.251 e. The van der Waals surface area contributed by atoms with Crippen LogP contribution in [0.15, 0.2) is 48.5 Å². The van der Waals surface area contributed by atoms with Gasteiger partial charge in [-0.3, -0.25) is 9.59 Å². The lowest BCUT2D eigenvalue weighted by Crippen LogP contribution is -2.36. The zero-order chi connectivity index (χ0) is 22.4. The molecule has 1 atom stereocenters. The summed E-state index contributed by atoms with van der Waals surface area (Å²) in [5.41, 5.74) is 12.3. The SMILES string of the molecule is NC(=O)c1cc(-c2ccc(Cl)c(Cl)c2)cc2c1Cc1ccc(C(=O)N[C@H]3CCNC3)cc1-2. The largest absolute Gasteiger partial charge is 0.366 e. The van der Waals surface area contributed by atoms with Crippen LogP contribution in [-0.2, 0) is 6.42 Å². The molecular formula is C25H21Cl2N3O2. The van der Waals surface area contributed by atoms with Crippen molar-refractivity contribution in [3.63, 3.8) is 0 Å². The molecule has 3 aromatic rings. The normalized spacial score (nSPS) is 16.5. The van der Waals surface area contributed by atoms with Gasteiger partial charge in [0.05, 0.1) is 10.0 Å². The maximum absolute atomic E-state index is 12.8. The van der Waals surface area contributed by atoms with Crippen molar-refractivity contribution in [1.82, 2.24) is 10.6 Å². The summed E-state index contributed by atoms with van der Waals surface area (Å²) in [4.78, 5) is 25.1. The van der Waals surface area contributed by atoms with E-state index in [1.807, 2.05) is 30.3 Å². The Bertz CT molecular complexity index is 1270. The van der Waals surface area contributed by atoms with Crippen LogP contribution in [-0.4, -0.2) is 30.9 Å². The summed E-state index contributed by atoms with van der Waals surface area (Å²) in [6.07, 6.45) is 1.52. The molecule has 1 fully saturated rings. The summed E-state index contributed by atoms with van der Waals surface area (Å²) in [5.74, 6) is -0.576. The number of nitrogens with two attached hydrogens (primary N) is 1. The molecule has 1 aliphatic heterocycles. The number of carbonyl (C=O) groups is 2. The molecule has 7 heteroatoms. The molecule has 0 saturated carbocycles. The van der Waals surface area contributed by atoms with Gasteiger partial charge < -0.3 is 16.4 Å². The van der Waals surface area contributed by atoms with Crippen molar-refractivity contribution in [3.05, 3.63) is 80.8 Å². The van der Waals surface area contributed by atoms with Crippen LogP contribution >= 0.6 is 23.2 Å². The van der Waals surface area contributed by atoms with Gasteiger partial charge in [-0.25, -0.2) is 0 Å². The number of hydrogen-bond donors (Lipinski definition) is 3. The average molecular weight is 466 g/mol. The highest BCUT2D eigenvalue weighted by Gasteiger charge is 2.26. The monoisotopic (exact) mass is 465 g/mol. The van der Waals surface area contributed by atoms with Gasteiger partial charge in [-0.1, -0.05) is 35.3 Å². The molecule has 4 N–H and O–H groups in total. The number of fused-ring (bicyclic) bond motifs is 3. The van der Waals surface area contributed by atoms with Crippen LogP contribution in [0.1, 0.15) is 38.3 Å². The number of benzene rings is 3. The molecule has 1 heterocycles. The molecule has 0 spiro atoms. The second-order valence-electron chi connectivity index (χ2n) is 8.25. The highest BCUT2D eigenvalue weighted by molar-refractivity contribution is 6.42. The summed E-state index contributed by atoms with van der Waals surface area (Å²) in [5, 5.41) is 7.24. The molecule has 1 aliphatic carbocycles. The van der Waals surface area contributed by atoms with Crippen molar-refractivity contribution in [1.29, 1.82) is 0 Å². The fourth-order valence-corrected chi connectivity index (χ4v) is 4.82. The van der Waals surface area contributed by atoms with Gasteiger partial charge in [0.25, 0.3) is 5.91 Å². The highest BCUT2D eigenvalue weighted by atomic mass is 35.5. The van der Waals surface area contributed by atoms with Crippen LogP contribution in [0.5, 0.6) is 0 Å². The molecule has 5 rings (SSSR count). The van der Waals surface area contributed by atoms with Gasteiger partial charge >= 0.3 is 0 Å². The quantitative estimate of drug-likeness (QED) is 0.416. The van der Waals surface area contributed by atoms with Gasteiger partial charge in [-0.15, -0.1) is 0 Å². The molecule has 32 heavy (non-hydrogen) atoms. The van der Waals surface area contributed by atoms with Crippen LogP contribution in [0.2, 0.25) is 10.0 Å². The third-order valence-corrected chi connectivity index (χ3v) is 6.93. The maximum atomic E-state index is 12.8. The smallest absolute Gasteiger partial charge is 0.251 e. The minimum Gasteiger partial charge on any atom is -0.366 e. The van der Waals surface area contributed by atoms with Gasteiger partial charge in [0.15, 0.2) is 0 Å². The lowest BCUT2D eigenvalue weighted by Gasteiger charge is -2.13. The average Bonchev–Trinajstić information content (AvgIpc) is 3.41. The number of amides is 2. The Morgan fingerprint density at radius 1 is 0.969 bits per heavy atom. The number of halogens is 2. The zero-order valence-corrected chi connectivity index (χ0v) is 18.7. The van der Waals surface area contributed by atoms with E-state index in [9.17, 15) is 9.59 Å². The molecule has 0 radical (unpaired) electrons. The van der Waals surface area contributed by atoms with E-state index in [1.165, 1.54) is 0 Å². The van der Waals surface area contributed by atoms with Crippen molar-refractivity contribution < 1.29 is 9.59 Å². The molecule has 0 unspecified atom stereocenters. The summed E-state index contributed by atoms with van der Waals surface area (Å²) < 4.78 is 0. The second-order valence-corrected chi connectivity index (χ2v) is 9.07. The van der Waals surface area contributed by atoms with Gasteiger partial charge in [0.1, 0.15) is 0 Å². The molecule has 2 aliphatic rings. The van der Waals surface area contributed by atoms with E-state index >= 15 is 0 Å². The highest BCUT2D eigenvalue weighted by Crippen LogP contribution is 2.42. The van der Waals surface area contributed by atoms with E-state index in [0.29, 0.717) is 27.6 Å². The topological polar surface area (TPSA) is 84.2 Å². The standard InChI is InChI=1S/C25H21Cl2N3O2/c26-22-4-3-13(11-23(22)27)16-9-19-18-8-15(25(32)30-17-5-6-29-12-17)2-1-14(18)7-20(19)21(10-16)24(28)31/h1-4,8-11,17,29H,5-7,12H2,(H2,28,31)(H,30,32)/t17-/m0/s1. The van der Waals surface area contributed by atoms with E-state index in [2.05, 4.69) is 10.6 Å².